The molecule has 0 spiro atoms. The van der Waals surface area contributed by atoms with E-state index < -0.39 is 18.1 Å². The van der Waals surface area contributed by atoms with Crippen molar-refractivity contribution in [2.45, 2.75) is 31.4 Å². The maximum absolute atomic E-state index is 11.6. The van der Waals surface area contributed by atoms with Crippen molar-refractivity contribution in [3.63, 3.8) is 0 Å². The van der Waals surface area contributed by atoms with E-state index in [0.29, 0.717) is 6.42 Å². The molecule has 1 aliphatic heterocycles. The highest BCUT2D eigenvalue weighted by Gasteiger charge is 2.31. The van der Waals surface area contributed by atoms with Gasteiger partial charge < -0.3 is 15.5 Å². The first-order valence-corrected chi connectivity index (χ1v) is 5.35. The number of imide groups is 1. The summed E-state index contributed by atoms with van der Waals surface area (Å²) in [5, 5.41) is 20.5. The normalized spacial score (nSPS) is 22.7. The minimum Gasteiger partial charge on any atom is -0.481 e. The molecule has 0 saturated carbocycles. The smallest absolute Gasteiger partial charge is 0.306 e. The second-order valence-corrected chi connectivity index (χ2v) is 4.04. The zero-order valence-electron chi connectivity index (χ0n) is 9.55. The Morgan fingerprint density at radius 2 is 2.24 bits per heavy atom. The minimum atomic E-state index is -1.10. The highest BCUT2D eigenvalue weighted by Crippen LogP contribution is 2.11. The number of aliphatic carboxylic acids is 1. The van der Waals surface area contributed by atoms with Gasteiger partial charge in [0.25, 0.3) is 0 Å². The number of nitrogens with one attached hydrogen (secondary N) is 1. The van der Waals surface area contributed by atoms with Gasteiger partial charge in [0.15, 0.2) is 0 Å². The molecule has 96 valence electrons. The molecule has 2 amide bonds. The average Bonchev–Trinajstić information content (AvgIpc) is 2.24. The number of piperidine rings is 1. The Morgan fingerprint density at radius 3 is 2.82 bits per heavy atom. The molecular formula is C10H16N2O5. The third-order valence-electron chi connectivity index (χ3n) is 2.66. The Labute approximate surface area is 98.4 Å². The molecule has 3 N–H and O–H groups in total. The molecule has 0 aromatic heterocycles. The van der Waals surface area contributed by atoms with Crippen molar-refractivity contribution in [3.05, 3.63) is 0 Å². The van der Waals surface area contributed by atoms with Gasteiger partial charge in [-0.15, -0.1) is 0 Å². The van der Waals surface area contributed by atoms with Gasteiger partial charge in [-0.25, -0.2) is 0 Å². The summed E-state index contributed by atoms with van der Waals surface area (Å²) >= 11 is 0. The summed E-state index contributed by atoms with van der Waals surface area (Å²) in [6.07, 6.45) is -0.761. The highest BCUT2D eigenvalue weighted by atomic mass is 16.4. The quantitative estimate of drug-likeness (QED) is 0.511. The number of amides is 2. The SMILES string of the molecule is CN1C(=O)CCC(NCC(O)CC(=O)O)C1=O. The van der Waals surface area contributed by atoms with Crippen molar-refractivity contribution in [1.29, 1.82) is 0 Å². The van der Waals surface area contributed by atoms with Gasteiger partial charge in [0, 0.05) is 20.0 Å². The lowest BCUT2D eigenvalue weighted by Crippen LogP contribution is -2.52. The van der Waals surface area contributed by atoms with Crippen molar-refractivity contribution in [3.8, 4) is 0 Å². The van der Waals surface area contributed by atoms with Gasteiger partial charge in [-0.1, -0.05) is 0 Å². The van der Waals surface area contributed by atoms with Gasteiger partial charge in [-0.3, -0.25) is 19.3 Å². The third kappa shape index (κ3) is 3.79. The Kier molecular flexibility index (Phi) is 4.59. The van der Waals surface area contributed by atoms with E-state index in [2.05, 4.69) is 5.32 Å². The first-order chi connectivity index (χ1) is 7.91. The van der Waals surface area contributed by atoms with Crippen molar-refractivity contribution >= 4 is 17.8 Å². The number of rotatable bonds is 5. The zero-order valence-corrected chi connectivity index (χ0v) is 9.55. The standard InChI is InChI=1S/C10H16N2O5/c1-12-8(14)3-2-7(10(12)17)11-5-6(13)4-9(15)16/h6-7,11,13H,2-5H2,1H3,(H,15,16). The molecule has 0 aromatic carbocycles. The van der Waals surface area contributed by atoms with E-state index in [1.807, 2.05) is 0 Å². The Balaban J connectivity index is 2.39. The fourth-order valence-corrected chi connectivity index (χ4v) is 1.66. The molecule has 2 unspecified atom stereocenters. The Bertz CT molecular complexity index is 331. The molecule has 1 heterocycles. The van der Waals surface area contributed by atoms with Gasteiger partial charge in [0.2, 0.25) is 11.8 Å². The summed E-state index contributed by atoms with van der Waals surface area (Å²) in [5.74, 6) is -1.66. The summed E-state index contributed by atoms with van der Waals surface area (Å²) in [4.78, 5) is 34.2. The van der Waals surface area contributed by atoms with Crippen LogP contribution in [0, 0.1) is 0 Å². The van der Waals surface area contributed by atoms with Crippen LogP contribution in [0.3, 0.4) is 0 Å². The summed E-state index contributed by atoms with van der Waals surface area (Å²) in [5.41, 5.74) is 0. The number of aliphatic hydroxyl groups excluding tert-OH is 1. The van der Waals surface area contributed by atoms with Crippen LogP contribution in [-0.4, -0.2) is 58.6 Å². The molecule has 0 aromatic rings. The predicted molar refractivity (Wildman–Crippen MR) is 57.1 cm³/mol. The lowest BCUT2D eigenvalue weighted by molar-refractivity contribution is -0.148. The Morgan fingerprint density at radius 1 is 1.59 bits per heavy atom. The fraction of sp³-hybridized carbons (Fsp3) is 0.700. The van der Waals surface area contributed by atoms with E-state index >= 15 is 0 Å². The number of hydrogen-bond donors (Lipinski definition) is 3. The maximum Gasteiger partial charge on any atom is 0.306 e. The first-order valence-electron chi connectivity index (χ1n) is 5.35. The van der Waals surface area contributed by atoms with Crippen LogP contribution < -0.4 is 5.32 Å². The molecule has 1 saturated heterocycles. The molecule has 1 rings (SSSR count). The third-order valence-corrected chi connectivity index (χ3v) is 2.66. The van der Waals surface area contributed by atoms with Crippen molar-refractivity contribution < 1.29 is 24.6 Å². The van der Waals surface area contributed by atoms with Gasteiger partial charge in [-0.05, 0) is 6.42 Å². The number of carbonyl (C=O) groups excluding carboxylic acids is 2. The summed E-state index contributed by atoms with van der Waals surface area (Å²) < 4.78 is 0. The second kappa shape index (κ2) is 5.74. The lowest BCUT2D eigenvalue weighted by Gasteiger charge is -2.28. The van der Waals surface area contributed by atoms with Crippen molar-refractivity contribution in [1.82, 2.24) is 10.2 Å². The number of likely N-dealkylation sites (N-methyl/N-ethyl adjacent to an activating group) is 1. The van der Waals surface area contributed by atoms with E-state index in [4.69, 9.17) is 5.11 Å². The van der Waals surface area contributed by atoms with Crippen LogP contribution in [0.2, 0.25) is 0 Å². The van der Waals surface area contributed by atoms with E-state index in [1.165, 1.54) is 7.05 Å². The number of hydrogen-bond acceptors (Lipinski definition) is 5. The average molecular weight is 244 g/mol. The molecule has 7 heteroatoms. The topological polar surface area (TPSA) is 107 Å². The number of nitrogens with zero attached hydrogens (tertiary/aromatic N) is 1. The summed E-state index contributed by atoms with van der Waals surface area (Å²) in [7, 11) is 1.41. The number of likely N-dealkylation sites (tertiary alicyclic amines) is 1. The number of carboxylic acids is 1. The monoisotopic (exact) mass is 244 g/mol. The summed E-state index contributed by atoms with van der Waals surface area (Å²) in [6, 6.07) is -0.527. The molecule has 17 heavy (non-hydrogen) atoms. The van der Waals surface area contributed by atoms with Gasteiger partial charge in [0.05, 0.1) is 18.6 Å². The van der Waals surface area contributed by atoms with E-state index in [0.717, 1.165) is 4.90 Å². The second-order valence-electron chi connectivity index (χ2n) is 4.04. The van der Waals surface area contributed by atoms with Crippen LogP contribution in [0.5, 0.6) is 0 Å². The number of aliphatic hydroxyl groups is 1. The van der Waals surface area contributed by atoms with Crippen LogP contribution in [0.1, 0.15) is 19.3 Å². The predicted octanol–water partition coefficient (Wildman–Crippen LogP) is -1.44. The van der Waals surface area contributed by atoms with Crippen LogP contribution >= 0.6 is 0 Å². The maximum atomic E-state index is 11.6. The van der Waals surface area contributed by atoms with Crippen LogP contribution in [0.15, 0.2) is 0 Å². The largest absolute Gasteiger partial charge is 0.481 e. The zero-order chi connectivity index (χ0) is 13.0. The first kappa shape index (κ1) is 13.6. The lowest BCUT2D eigenvalue weighted by atomic mass is 10.0. The molecule has 1 aliphatic rings. The number of carboxylic acid groups (broad SMARTS) is 1. The molecule has 7 nitrogen and oxygen atoms in total. The molecule has 1 fully saturated rings. The van der Waals surface area contributed by atoms with Crippen molar-refractivity contribution in [2.24, 2.45) is 0 Å². The van der Waals surface area contributed by atoms with Gasteiger partial charge >= 0.3 is 5.97 Å². The molecule has 0 bridgehead atoms. The van der Waals surface area contributed by atoms with Crippen LogP contribution in [0.25, 0.3) is 0 Å². The minimum absolute atomic E-state index is 0.0186. The van der Waals surface area contributed by atoms with Gasteiger partial charge in [0.1, 0.15) is 0 Å². The van der Waals surface area contributed by atoms with E-state index in [1.54, 1.807) is 0 Å². The fourth-order valence-electron chi connectivity index (χ4n) is 1.66. The van der Waals surface area contributed by atoms with E-state index in [-0.39, 0.29) is 31.2 Å². The number of carbonyl (C=O) groups is 3. The van der Waals surface area contributed by atoms with Crippen LogP contribution in [0.4, 0.5) is 0 Å². The van der Waals surface area contributed by atoms with Crippen molar-refractivity contribution in [2.75, 3.05) is 13.6 Å². The molecular weight excluding hydrogens is 228 g/mol. The van der Waals surface area contributed by atoms with Crippen LogP contribution in [-0.2, 0) is 14.4 Å². The highest BCUT2D eigenvalue weighted by molar-refractivity contribution is 6.00. The molecule has 0 aliphatic carbocycles. The molecule has 0 radical (unpaired) electrons. The molecule has 2 atom stereocenters. The van der Waals surface area contributed by atoms with E-state index in [9.17, 15) is 19.5 Å². The summed E-state index contributed by atoms with van der Waals surface area (Å²) in [6.45, 7) is 0.0186. The Hall–Kier alpha value is -1.47. The van der Waals surface area contributed by atoms with Gasteiger partial charge in [-0.2, -0.15) is 0 Å².